The molecule has 1 atom stereocenters. The highest BCUT2D eigenvalue weighted by Gasteiger charge is 2.21. The van der Waals surface area contributed by atoms with E-state index in [2.05, 4.69) is 5.32 Å². The minimum absolute atomic E-state index is 0.0427. The predicted octanol–water partition coefficient (Wildman–Crippen LogP) is 3.59. The maximum atomic E-state index is 12.6. The van der Waals surface area contributed by atoms with E-state index >= 15 is 0 Å². The maximum Gasteiger partial charge on any atom is 0.243 e. The number of rotatable bonds is 10. The van der Waals surface area contributed by atoms with Gasteiger partial charge in [-0.05, 0) is 30.7 Å². The standard InChI is InChI=1S/C21H30N2O4S/c1-6-23(7-2)28(24,25)19-13-11-17(12-14-19)16(3)22-15-18-9-8-10-20(26-4)21(18)27-5/h8-14,16,22H,6-7,15H2,1-5H3. The van der Waals surface area contributed by atoms with E-state index in [-0.39, 0.29) is 6.04 Å². The van der Waals surface area contributed by atoms with Crippen molar-refractivity contribution >= 4 is 10.0 Å². The van der Waals surface area contributed by atoms with Crippen LogP contribution in [0.25, 0.3) is 0 Å². The van der Waals surface area contributed by atoms with Crippen molar-refractivity contribution in [3.63, 3.8) is 0 Å². The van der Waals surface area contributed by atoms with Gasteiger partial charge in [0, 0.05) is 31.2 Å². The molecule has 0 bridgehead atoms. The fourth-order valence-corrected chi connectivity index (χ4v) is 4.57. The van der Waals surface area contributed by atoms with Gasteiger partial charge in [0.25, 0.3) is 0 Å². The predicted molar refractivity (Wildman–Crippen MR) is 111 cm³/mol. The molecule has 154 valence electrons. The number of nitrogens with zero attached hydrogens (tertiary/aromatic N) is 1. The van der Waals surface area contributed by atoms with Crippen LogP contribution >= 0.6 is 0 Å². The molecule has 2 aromatic carbocycles. The lowest BCUT2D eigenvalue weighted by Crippen LogP contribution is -2.30. The third-order valence-electron chi connectivity index (χ3n) is 4.81. The summed E-state index contributed by atoms with van der Waals surface area (Å²) in [6.07, 6.45) is 0. The van der Waals surface area contributed by atoms with E-state index in [1.54, 1.807) is 26.4 Å². The molecule has 0 aliphatic carbocycles. The van der Waals surface area contributed by atoms with Gasteiger partial charge < -0.3 is 14.8 Å². The fraction of sp³-hybridized carbons (Fsp3) is 0.429. The summed E-state index contributed by atoms with van der Waals surface area (Å²) in [5.74, 6) is 1.41. The molecule has 0 radical (unpaired) electrons. The molecule has 0 saturated carbocycles. The molecule has 0 spiro atoms. The van der Waals surface area contributed by atoms with Crippen LogP contribution < -0.4 is 14.8 Å². The quantitative estimate of drug-likeness (QED) is 0.653. The molecular formula is C21H30N2O4S. The molecule has 0 aliphatic heterocycles. The van der Waals surface area contributed by atoms with E-state index in [0.717, 1.165) is 11.1 Å². The van der Waals surface area contributed by atoms with Crippen molar-refractivity contribution in [3.05, 3.63) is 53.6 Å². The topological polar surface area (TPSA) is 67.9 Å². The van der Waals surface area contributed by atoms with Gasteiger partial charge in [-0.3, -0.25) is 0 Å². The second-order valence-electron chi connectivity index (χ2n) is 6.41. The normalized spacial score (nSPS) is 12.8. The van der Waals surface area contributed by atoms with Gasteiger partial charge in [0.2, 0.25) is 10.0 Å². The van der Waals surface area contributed by atoms with Crippen LogP contribution in [0.3, 0.4) is 0 Å². The van der Waals surface area contributed by atoms with Crippen LogP contribution in [-0.2, 0) is 16.6 Å². The summed E-state index contributed by atoms with van der Waals surface area (Å²) in [5.41, 5.74) is 2.01. The molecule has 1 N–H and O–H groups in total. The Kier molecular flexibility index (Phi) is 7.86. The Bertz CT molecular complexity index is 862. The van der Waals surface area contributed by atoms with Crippen LogP contribution in [0.2, 0.25) is 0 Å². The third-order valence-corrected chi connectivity index (χ3v) is 6.87. The lowest BCUT2D eigenvalue weighted by atomic mass is 10.1. The molecule has 0 fully saturated rings. The van der Waals surface area contributed by atoms with Crippen molar-refractivity contribution < 1.29 is 17.9 Å². The molecule has 1 unspecified atom stereocenters. The number of hydrogen-bond donors (Lipinski definition) is 1. The Balaban J connectivity index is 2.11. The summed E-state index contributed by atoms with van der Waals surface area (Å²) >= 11 is 0. The summed E-state index contributed by atoms with van der Waals surface area (Å²) in [5, 5.41) is 3.45. The first-order valence-electron chi connectivity index (χ1n) is 9.42. The van der Waals surface area contributed by atoms with Crippen LogP contribution in [0.5, 0.6) is 11.5 Å². The van der Waals surface area contributed by atoms with Crippen LogP contribution in [0.15, 0.2) is 47.4 Å². The highest BCUT2D eigenvalue weighted by Crippen LogP contribution is 2.31. The number of nitrogens with one attached hydrogen (secondary N) is 1. The summed E-state index contributed by atoms with van der Waals surface area (Å²) in [6.45, 7) is 7.24. The summed E-state index contributed by atoms with van der Waals surface area (Å²) in [4.78, 5) is 0.321. The molecule has 0 aliphatic rings. The van der Waals surface area contributed by atoms with Crippen LogP contribution in [-0.4, -0.2) is 40.0 Å². The smallest absolute Gasteiger partial charge is 0.243 e. The van der Waals surface area contributed by atoms with Crippen molar-refractivity contribution in [3.8, 4) is 11.5 Å². The van der Waals surface area contributed by atoms with E-state index in [4.69, 9.17) is 9.47 Å². The zero-order valence-corrected chi connectivity index (χ0v) is 18.0. The minimum atomic E-state index is -3.43. The fourth-order valence-electron chi connectivity index (χ4n) is 3.11. The Morgan fingerprint density at radius 2 is 1.64 bits per heavy atom. The van der Waals surface area contributed by atoms with E-state index < -0.39 is 10.0 Å². The first-order chi connectivity index (χ1) is 13.4. The van der Waals surface area contributed by atoms with Crippen LogP contribution in [0.1, 0.15) is 37.9 Å². The van der Waals surface area contributed by atoms with Crippen molar-refractivity contribution in [1.29, 1.82) is 0 Å². The highest BCUT2D eigenvalue weighted by atomic mass is 32.2. The largest absolute Gasteiger partial charge is 0.493 e. The second kappa shape index (κ2) is 9.91. The van der Waals surface area contributed by atoms with Gasteiger partial charge in [0.05, 0.1) is 19.1 Å². The molecule has 28 heavy (non-hydrogen) atoms. The molecule has 6 nitrogen and oxygen atoms in total. The van der Waals surface area contributed by atoms with E-state index in [9.17, 15) is 8.42 Å². The summed E-state index contributed by atoms with van der Waals surface area (Å²) in [6, 6.07) is 12.9. The van der Waals surface area contributed by atoms with Crippen LogP contribution in [0, 0.1) is 0 Å². The molecule has 7 heteroatoms. The molecule has 0 saturated heterocycles. The Morgan fingerprint density at radius 3 is 2.18 bits per heavy atom. The zero-order valence-electron chi connectivity index (χ0n) is 17.2. The van der Waals surface area contributed by atoms with Gasteiger partial charge in [0.1, 0.15) is 0 Å². The number of benzene rings is 2. The average molecular weight is 407 g/mol. The number of hydrogen-bond acceptors (Lipinski definition) is 5. The van der Waals surface area contributed by atoms with Gasteiger partial charge >= 0.3 is 0 Å². The first kappa shape index (κ1) is 22.2. The highest BCUT2D eigenvalue weighted by molar-refractivity contribution is 7.89. The SMILES string of the molecule is CCN(CC)S(=O)(=O)c1ccc(C(C)NCc2cccc(OC)c2OC)cc1. The lowest BCUT2D eigenvalue weighted by Gasteiger charge is -2.20. The molecule has 2 aromatic rings. The monoisotopic (exact) mass is 406 g/mol. The number of sulfonamides is 1. The minimum Gasteiger partial charge on any atom is -0.493 e. The summed E-state index contributed by atoms with van der Waals surface area (Å²) in [7, 11) is -0.192. The zero-order chi connectivity index (χ0) is 20.7. The van der Waals surface area contributed by atoms with Crippen LogP contribution in [0.4, 0.5) is 0 Å². The molecule has 0 heterocycles. The maximum absolute atomic E-state index is 12.6. The Morgan fingerprint density at radius 1 is 1.00 bits per heavy atom. The van der Waals surface area contributed by atoms with Gasteiger partial charge in [-0.2, -0.15) is 4.31 Å². The number of para-hydroxylation sites is 1. The van der Waals surface area contributed by atoms with Gasteiger partial charge in [-0.15, -0.1) is 0 Å². The van der Waals surface area contributed by atoms with Gasteiger partial charge in [0.15, 0.2) is 11.5 Å². The summed E-state index contributed by atoms with van der Waals surface area (Å²) < 4.78 is 37.5. The lowest BCUT2D eigenvalue weighted by molar-refractivity contribution is 0.350. The average Bonchev–Trinajstić information content (AvgIpc) is 2.72. The molecule has 0 amide bonds. The van der Waals surface area contributed by atoms with Gasteiger partial charge in [-0.1, -0.05) is 38.1 Å². The molecule has 0 aromatic heterocycles. The second-order valence-corrected chi connectivity index (χ2v) is 8.35. The van der Waals surface area contributed by atoms with E-state index in [1.807, 2.05) is 51.1 Å². The first-order valence-corrected chi connectivity index (χ1v) is 10.9. The number of methoxy groups -OCH3 is 2. The molecule has 2 rings (SSSR count). The van der Waals surface area contributed by atoms with Crippen molar-refractivity contribution in [2.75, 3.05) is 27.3 Å². The van der Waals surface area contributed by atoms with E-state index in [1.165, 1.54) is 4.31 Å². The Labute approximate surface area is 168 Å². The van der Waals surface area contributed by atoms with Crippen molar-refractivity contribution in [2.45, 2.75) is 38.3 Å². The number of ether oxygens (including phenoxy) is 2. The van der Waals surface area contributed by atoms with Gasteiger partial charge in [-0.25, -0.2) is 8.42 Å². The van der Waals surface area contributed by atoms with Crippen molar-refractivity contribution in [1.82, 2.24) is 9.62 Å². The van der Waals surface area contributed by atoms with Crippen molar-refractivity contribution in [2.24, 2.45) is 0 Å². The third kappa shape index (κ3) is 4.84. The van der Waals surface area contributed by atoms with E-state index in [0.29, 0.717) is 36.0 Å². The molecular weight excluding hydrogens is 376 g/mol. The Hall–Kier alpha value is -2.09.